The van der Waals surface area contributed by atoms with Crippen LogP contribution in [0.1, 0.15) is 27.7 Å². The first kappa shape index (κ1) is 9.32. The second-order valence-electron chi connectivity index (χ2n) is 3.25. The third-order valence-corrected chi connectivity index (χ3v) is 0.834. The van der Waals surface area contributed by atoms with Crippen molar-refractivity contribution in [3.05, 3.63) is 18.1 Å². The fourth-order valence-corrected chi connectivity index (χ4v) is 0.415. The molecule has 0 rings (SSSR count). The minimum Gasteiger partial charge on any atom is -0.493 e. The van der Waals surface area contributed by atoms with Gasteiger partial charge in [-0.3, -0.25) is 0 Å². The van der Waals surface area contributed by atoms with E-state index in [1.54, 1.807) is 6.26 Å². The van der Waals surface area contributed by atoms with Gasteiger partial charge in [-0.05, 0) is 18.4 Å². The highest BCUT2D eigenvalue weighted by atomic mass is 16.5. The number of hydrogen-bond acceptors (Lipinski definition) is 1. The highest BCUT2D eigenvalue weighted by Gasteiger charge is 2.01. The molecule has 0 aliphatic rings. The zero-order valence-electron chi connectivity index (χ0n) is 7.27. The number of hydrogen-bond donors (Lipinski definition) is 0. The van der Waals surface area contributed by atoms with Crippen molar-refractivity contribution in [1.29, 1.82) is 0 Å². The van der Waals surface area contributed by atoms with Gasteiger partial charge in [0.05, 0.1) is 6.61 Å². The summed E-state index contributed by atoms with van der Waals surface area (Å²) >= 11 is 0. The average molecular weight is 140 g/mol. The van der Waals surface area contributed by atoms with Crippen LogP contribution in [0.4, 0.5) is 0 Å². The summed E-state index contributed by atoms with van der Waals surface area (Å²) in [6.07, 6.45) is 3.59. The van der Waals surface area contributed by atoms with Crippen LogP contribution in [0.15, 0.2) is 18.1 Å². The van der Waals surface area contributed by atoms with Gasteiger partial charge in [-0.2, -0.15) is 0 Å². The summed E-state index contributed by atoms with van der Waals surface area (Å²) in [5.41, 5.74) is 3.16. The van der Waals surface area contributed by atoms with Crippen molar-refractivity contribution < 1.29 is 4.74 Å². The maximum atomic E-state index is 4.96. The molecule has 0 N–H and O–H groups in total. The molecule has 0 amide bonds. The van der Waals surface area contributed by atoms with Crippen molar-refractivity contribution in [3.63, 3.8) is 0 Å². The van der Waals surface area contributed by atoms with Crippen molar-refractivity contribution >= 4 is 0 Å². The Morgan fingerprint density at radius 2 is 2.00 bits per heavy atom. The Morgan fingerprint density at radius 1 is 1.40 bits per heavy atom. The van der Waals surface area contributed by atoms with Crippen LogP contribution in [0.2, 0.25) is 0 Å². The van der Waals surface area contributed by atoms with Crippen LogP contribution in [0.25, 0.3) is 0 Å². The third kappa shape index (κ3) is 7.32. The molecule has 1 nitrogen and oxygen atoms in total. The Labute approximate surface area is 63.4 Å². The van der Waals surface area contributed by atoms with E-state index in [0.29, 0.717) is 6.61 Å². The predicted octanol–water partition coefficient (Wildman–Crippen LogP) is 2.74. The van der Waals surface area contributed by atoms with E-state index in [0.717, 1.165) is 0 Å². The minimum absolute atomic E-state index is 0.202. The average Bonchev–Trinajstić information content (AvgIpc) is 1.78. The first-order valence-corrected chi connectivity index (χ1v) is 3.60. The molecule has 0 aromatic carbocycles. The molecule has 10 heavy (non-hydrogen) atoms. The van der Waals surface area contributed by atoms with Gasteiger partial charge in [0.15, 0.2) is 0 Å². The zero-order chi connectivity index (χ0) is 8.04. The van der Waals surface area contributed by atoms with Crippen molar-refractivity contribution in [3.8, 4) is 0 Å². The molecule has 0 saturated carbocycles. The maximum Gasteiger partial charge on any atom is 0.125 e. The summed E-state index contributed by atoms with van der Waals surface area (Å²) in [5.74, 6) is 0. The highest BCUT2D eigenvalue weighted by molar-refractivity contribution is 4.90. The van der Waals surface area contributed by atoms with E-state index < -0.39 is 0 Å². The van der Waals surface area contributed by atoms with Gasteiger partial charge in [-0.25, -0.2) is 0 Å². The smallest absolute Gasteiger partial charge is 0.125 e. The molecule has 0 heterocycles. The summed E-state index contributed by atoms with van der Waals surface area (Å²) < 4.78 is 4.96. The Bertz CT molecular complexity index is 133. The molecule has 0 aromatic heterocycles. The molecule has 0 radical (unpaired) electrons. The minimum atomic E-state index is 0.202. The molecular formula is C9H16O. The molecule has 0 bridgehead atoms. The van der Waals surface area contributed by atoms with Gasteiger partial charge in [0.2, 0.25) is 0 Å². The first-order chi connectivity index (χ1) is 4.56. The van der Waals surface area contributed by atoms with E-state index in [1.807, 2.05) is 13.0 Å². The summed E-state index contributed by atoms with van der Waals surface area (Å²) in [5, 5.41) is 0. The fourth-order valence-electron chi connectivity index (χ4n) is 0.415. The van der Waals surface area contributed by atoms with E-state index in [1.165, 1.54) is 0 Å². The summed E-state index contributed by atoms with van der Waals surface area (Å²) in [6.45, 7) is 9.04. The Hall–Kier alpha value is -0.680. The van der Waals surface area contributed by atoms with Gasteiger partial charge in [0.25, 0.3) is 0 Å². The number of rotatable bonds is 2. The number of ether oxygens (including phenoxy) is 1. The molecule has 0 atom stereocenters. The molecule has 0 aromatic rings. The molecule has 58 valence electrons. The van der Waals surface area contributed by atoms with E-state index in [4.69, 9.17) is 4.74 Å². The van der Waals surface area contributed by atoms with Crippen LogP contribution in [0.3, 0.4) is 0 Å². The van der Waals surface area contributed by atoms with Gasteiger partial charge in [-0.1, -0.05) is 26.5 Å². The van der Waals surface area contributed by atoms with Crippen LogP contribution in [0, 0.1) is 5.41 Å². The lowest BCUT2D eigenvalue weighted by Gasteiger charge is -2.08. The van der Waals surface area contributed by atoms with Gasteiger partial charge in [-0.15, -0.1) is 0 Å². The SMILES string of the molecule is CCOC=C=CC(C)(C)C. The molecule has 0 aliphatic carbocycles. The van der Waals surface area contributed by atoms with Gasteiger partial charge < -0.3 is 4.74 Å². The maximum absolute atomic E-state index is 4.96. The van der Waals surface area contributed by atoms with Crippen molar-refractivity contribution in [2.75, 3.05) is 6.61 Å². The Morgan fingerprint density at radius 3 is 2.40 bits per heavy atom. The van der Waals surface area contributed by atoms with E-state index in [9.17, 15) is 0 Å². The third-order valence-electron chi connectivity index (χ3n) is 0.834. The fraction of sp³-hybridized carbons (Fsp3) is 0.667. The number of allylic oxidation sites excluding steroid dienone is 1. The molecule has 1 heteroatoms. The summed E-state index contributed by atoms with van der Waals surface area (Å²) in [4.78, 5) is 0. The molecule has 0 unspecified atom stereocenters. The summed E-state index contributed by atoms with van der Waals surface area (Å²) in [7, 11) is 0. The normalized spacial score (nSPS) is 10.0. The van der Waals surface area contributed by atoms with Crippen LogP contribution < -0.4 is 0 Å². The standard InChI is InChI=1S/C9H16O/c1-5-10-8-6-7-9(2,3)4/h7-8H,5H2,1-4H3. The largest absolute Gasteiger partial charge is 0.493 e. The van der Waals surface area contributed by atoms with Crippen molar-refractivity contribution in [1.82, 2.24) is 0 Å². The second-order valence-corrected chi connectivity index (χ2v) is 3.25. The lowest BCUT2D eigenvalue weighted by molar-refractivity contribution is 0.269. The van der Waals surface area contributed by atoms with Crippen LogP contribution in [0.5, 0.6) is 0 Å². The second kappa shape index (κ2) is 4.19. The van der Waals surface area contributed by atoms with Gasteiger partial charge in [0.1, 0.15) is 6.26 Å². The topological polar surface area (TPSA) is 9.23 Å². The van der Waals surface area contributed by atoms with Crippen LogP contribution >= 0.6 is 0 Å². The van der Waals surface area contributed by atoms with Crippen molar-refractivity contribution in [2.45, 2.75) is 27.7 Å². The highest BCUT2D eigenvalue weighted by Crippen LogP contribution is 2.12. The van der Waals surface area contributed by atoms with Crippen LogP contribution in [-0.2, 0) is 4.74 Å². The van der Waals surface area contributed by atoms with Crippen molar-refractivity contribution in [2.24, 2.45) is 5.41 Å². The lowest BCUT2D eigenvalue weighted by Crippen LogP contribution is -1.97. The Kier molecular flexibility index (Phi) is 3.90. The predicted molar refractivity (Wildman–Crippen MR) is 43.7 cm³/mol. The van der Waals surface area contributed by atoms with E-state index in [2.05, 4.69) is 26.5 Å². The molecule has 0 spiro atoms. The van der Waals surface area contributed by atoms with Gasteiger partial charge >= 0.3 is 0 Å². The Balaban J connectivity index is 3.74. The monoisotopic (exact) mass is 140 g/mol. The molecule has 0 fully saturated rings. The summed E-state index contributed by atoms with van der Waals surface area (Å²) in [6, 6.07) is 0. The van der Waals surface area contributed by atoms with E-state index >= 15 is 0 Å². The first-order valence-electron chi connectivity index (χ1n) is 3.60. The zero-order valence-corrected chi connectivity index (χ0v) is 7.27. The molecule has 0 aliphatic heterocycles. The van der Waals surface area contributed by atoms with Gasteiger partial charge in [0, 0.05) is 0 Å². The lowest BCUT2D eigenvalue weighted by atomic mass is 9.97. The molecular weight excluding hydrogens is 124 g/mol. The van der Waals surface area contributed by atoms with Crippen LogP contribution in [-0.4, -0.2) is 6.61 Å². The van der Waals surface area contributed by atoms with E-state index in [-0.39, 0.29) is 5.41 Å². The molecule has 0 saturated heterocycles. The quantitative estimate of drug-likeness (QED) is 0.423.